The lowest BCUT2D eigenvalue weighted by molar-refractivity contribution is -0.136. The molecule has 11 heteroatoms. The Labute approximate surface area is 201 Å². The second-order valence-corrected chi connectivity index (χ2v) is 8.84. The maximum absolute atomic E-state index is 13.8. The minimum Gasteiger partial charge on any atom is -0.466 e. The molecule has 1 N–H and O–H groups in total. The highest BCUT2D eigenvalue weighted by Gasteiger charge is 2.34. The van der Waals surface area contributed by atoms with Crippen molar-refractivity contribution in [2.75, 3.05) is 13.7 Å². The smallest absolute Gasteiger partial charge is 0.338 e. The van der Waals surface area contributed by atoms with Crippen LogP contribution in [0.15, 0.2) is 75.3 Å². The molecule has 4 rings (SSSR count). The molecule has 33 heavy (non-hydrogen) atoms. The molecule has 0 radical (unpaired) electrons. The van der Waals surface area contributed by atoms with Gasteiger partial charge in [0.15, 0.2) is 10.8 Å². The molecule has 0 fully saturated rings. The van der Waals surface area contributed by atoms with Crippen LogP contribution in [0.1, 0.15) is 23.5 Å². The Bertz CT molecular complexity index is 1190. The summed E-state index contributed by atoms with van der Waals surface area (Å²) in [6, 6.07) is 3.48. The first-order valence-corrected chi connectivity index (χ1v) is 11.5. The van der Waals surface area contributed by atoms with E-state index >= 15 is 0 Å². The number of amidine groups is 1. The topological polar surface area (TPSA) is 87.1 Å². The number of thiazole rings is 1. The van der Waals surface area contributed by atoms with Gasteiger partial charge in [-0.15, -0.1) is 11.3 Å². The number of rotatable bonds is 5. The maximum atomic E-state index is 13.8. The van der Waals surface area contributed by atoms with Crippen molar-refractivity contribution in [2.45, 2.75) is 13.0 Å². The van der Waals surface area contributed by atoms with Crippen LogP contribution in [0.3, 0.4) is 0 Å². The van der Waals surface area contributed by atoms with Crippen molar-refractivity contribution in [3.8, 4) is 0 Å². The van der Waals surface area contributed by atoms with Crippen molar-refractivity contribution in [2.24, 2.45) is 4.99 Å². The van der Waals surface area contributed by atoms with E-state index in [9.17, 15) is 14.0 Å². The van der Waals surface area contributed by atoms with Gasteiger partial charge in [-0.2, -0.15) is 0 Å². The minimum atomic E-state index is -0.756. The summed E-state index contributed by atoms with van der Waals surface area (Å²) >= 11 is 4.80. The SMILES string of the molecule is COC(=O)C1=C(CN2C=CN(C(C)=O)C=C2)NC(c2nccs2)=NC1c1ccc(F)cc1Br. The Balaban J connectivity index is 1.78. The number of aliphatic imine (C=N–C) groups is 1. The predicted molar refractivity (Wildman–Crippen MR) is 125 cm³/mol. The van der Waals surface area contributed by atoms with Crippen molar-refractivity contribution in [3.05, 3.63) is 86.7 Å². The summed E-state index contributed by atoms with van der Waals surface area (Å²) in [5, 5.41) is 5.70. The number of hydrogen-bond donors (Lipinski definition) is 1. The maximum Gasteiger partial charge on any atom is 0.338 e. The Hall–Kier alpha value is -3.31. The van der Waals surface area contributed by atoms with Crippen LogP contribution in [-0.4, -0.2) is 46.2 Å². The van der Waals surface area contributed by atoms with Gasteiger partial charge >= 0.3 is 5.97 Å². The summed E-state index contributed by atoms with van der Waals surface area (Å²) in [6.07, 6.45) is 8.38. The van der Waals surface area contributed by atoms with Crippen molar-refractivity contribution in [3.63, 3.8) is 0 Å². The van der Waals surface area contributed by atoms with E-state index < -0.39 is 17.8 Å². The van der Waals surface area contributed by atoms with Crippen molar-refractivity contribution >= 4 is 45.0 Å². The minimum absolute atomic E-state index is 0.119. The molecule has 0 saturated carbocycles. The zero-order chi connectivity index (χ0) is 23.5. The Kier molecular flexibility index (Phi) is 6.70. The molecule has 3 heterocycles. The second kappa shape index (κ2) is 9.67. The van der Waals surface area contributed by atoms with Crippen LogP contribution in [-0.2, 0) is 14.3 Å². The van der Waals surface area contributed by atoms with Gasteiger partial charge in [0.05, 0.1) is 19.2 Å². The summed E-state index contributed by atoms with van der Waals surface area (Å²) < 4.78 is 19.3. The zero-order valence-electron chi connectivity index (χ0n) is 17.7. The van der Waals surface area contributed by atoms with Gasteiger partial charge in [0.2, 0.25) is 5.91 Å². The lowest BCUT2D eigenvalue weighted by atomic mass is 9.95. The Morgan fingerprint density at radius 1 is 1.27 bits per heavy atom. The van der Waals surface area contributed by atoms with Crippen LogP contribution in [0.5, 0.6) is 0 Å². The zero-order valence-corrected chi connectivity index (χ0v) is 20.1. The molecule has 1 amide bonds. The van der Waals surface area contributed by atoms with E-state index in [0.29, 0.717) is 32.1 Å². The van der Waals surface area contributed by atoms with E-state index in [4.69, 9.17) is 9.73 Å². The first-order chi connectivity index (χ1) is 15.9. The third-order valence-electron chi connectivity index (χ3n) is 4.97. The van der Waals surface area contributed by atoms with Crippen LogP contribution in [0.25, 0.3) is 0 Å². The predicted octanol–water partition coefficient (Wildman–Crippen LogP) is 3.67. The molecule has 2 aromatic rings. The lowest BCUT2D eigenvalue weighted by Crippen LogP contribution is -2.38. The van der Waals surface area contributed by atoms with Gasteiger partial charge in [-0.1, -0.05) is 22.0 Å². The summed E-state index contributed by atoms with van der Waals surface area (Å²) in [4.78, 5) is 36.8. The molecule has 0 aliphatic carbocycles. The number of ether oxygens (including phenoxy) is 1. The molecular formula is C22H19BrFN5O3S. The molecule has 2 aliphatic heterocycles. The standard InChI is InChI=1S/C22H19BrFN5O3S/c1-13(30)29-8-6-28(7-9-29)12-17-18(22(31)32-2)19(15-4-3-14(24)11-16(15)23)27-20(26-17)21-25-5-10-33-21/h3-11,19H,12H2,1-2H3,(H,26,27). The normalized spacial score (nSPS) is 17.7. The van der Waals surface area contributed by atoms with E-state index in [0.717, 1.165) is 0 Å². The van der Waals surface area contributed by atoms with Gasteiger partial charge in [0.25, 0.3) is 0 Å². The molecule has 8 nitrogen and oxygen atoms in total. The van der Waals surface area contributed by atoms with E-state index in [1.165, 1.54) is 42.4 Å². The Morgan fingerprint density at radius 2 is 2.03 bits per heavy atom. The molecule has 1 aromatic carbocycles. The molecule has 170 valence electrons. The summed E-state index contributed by atoms with van der Waals surface area (Å²) in [5.74, 6) is -0.599. The van der Waals surface area contributed by atoms with Gasteiger partial charge in [-0.05, 0) is 17.7 Å². The number of nitrogens with zero attached hydrogens (tertiary/aromatic N) is 4. The first kappa shape index (κ1) is 22.9. The number of amides is 1. The molecule has 0 spiro atoms. The molecule has 0 saturated heterocycles. The first-order valence-electron chi connectivity index (χ1n) is 9.79. The quantitative estimate of drug-likeness (QED) is 0.592. The number of methoxy groups -OCH3 is 1. The fraction of sp³-hybridized carbons (Fsp3) is 0.182. The molecule has 1 atom stereocenters. The molecule has 1 unspecified atom stereocenters. The lowest BCUT2D eigenvalue weighted by Gasteiger charge is -2.30. The third kappa shape index (κ3) is 4.88. The molecular weight excluding hydrogens is 513 g/mol. The number of benzene rings is 1. The summed E-state index contributed by atoms with van der Waals surface area (Å²) in [5.41, 5.74) is 1.45. The van der Waals surface area contributed by atoms with E-state index in [1.54, 1.807) is 37.1 Å². The number of carbonyl (C=O) groups excluding carboxylic acids is 2. The highest BCUT2D eigenvalue weighted by atomic mass is 79.9. The monoisotopic (exact) mass is 531 g/mol. The van der Waals surface area contributed by atoms with E-state index in [-0.39, 0.29) is 12.5 Å². The number of halogens is 2. The van der Waals surface area contributed by atoms with Gasteiger partial charge in [-0.25, -0.2) is 14.2 Å². The van der Waals surface area contributed by atoms with E-state index in [1.807, 2.05) is 10.3 Å². The number of esters is 1. The molecule has 1 aromatic heterocycles. The average molecular weight is 532 g/mol. The van der Waals surface area contributed by atoms with Crippen molar-refractivity contribution in [1.82, 2.24) is 20.1 Å². The van der Waals surface area contributed by atoms with E-state index in [2.05, 4.69) is 26.2 Å². The van der Waals surface area contributed by atoms with Crippen LogP contribution in [0.2, 0.25) is 0 Å². The number of hydrogen-bond acceptors (Lipinski definition) is 8. The van der Waals surface area contributed by atoms with Crippen molar-refractivity contribution in [1.29, 1.82) is 0 Å². The number of nitrogens with one attached hydrogen (secondary N) is 1. The highest BCUT2D eigenvalue weighted by molar-refractivity contribution is 9.10. The number of carbonyl (C=O) groups is 2. The highest BCUT2D eigenvalue weighted by Crippen LogP contribution is 2.37. The van der Waals surface area contributed by atoms with Crippen LogP contribution in [0.4, 0.5) is 4.39 Å². The van der Waals surface area contributed by atoms with Crippen LogP contribution < -0.4 is 5.32 Å². The Morgan fingerprint density at radius 3 is 2.64 bits per heavy atom. The second-order valence-electron chi connectivity index (χ2n) is 7.09. The largest absolute Gasteiger partial charge is 0.466 e. The van der Waals surface area contributed by atoms with Gasteiger partial charge in [0, 0.05) is 53.5 Å². The summed E-state index contributed by atoms with van der Waals surface area (Å²) in [6.45, 7) is 1.73. The van der Waals surface area contributed by atoms with Crippen LogP contribution >= 0.6 is 27.3 Å². The van der Waals surface area contributed by atoms with Crippen LogP contribution in [0, 0.1) is 5.82 Å². The fourth-order valence-corrected chi connectivity index (χ4v) is 4.54. The van der Waals surface area contributed by atoms with Gasteiger partial charge in [0.1, 0.15) is 11.9 Å². The molecule has 2 aliphatic rings. The van der Waals surface area contributed by atoms with Crippen molar-refractivity contribution < 1.29 is 18.7 Å². The third-order valence-corrected chi connectivity index (χ3v) is 6.43. The number of aromatic nitrogens is 1. The average Bonchev–Trinajstić information content (AvgIpc) is 3.33. The van der Waals surface area contributed by atoms with Gasteiger partial charge < -0.3 is 15.0 Å². The molecule has 0 bridgehead atoms. The summed E-state index contributed by atoms with van der Waals surface area (Å²) in [7, 11) is 1.30. The fourth-order valence-electron chi connectivity index (χ4n) is 3.38. The van der Waals surface area contributed by atoms with Gasteiger partial charge in [-0.3, -0.25) is 14.7 Å².